The highest BCUT2D eigenvalue weighted by Gasteiger charge is 2.16. The summed E-state index contributed by atoms with van der Waals surface area (Å²) in [7, 11) is 2.95. The van der Waals surface area contributed by atoms with Gasteiger partial charge < -0.3 is 15.2 Å². The van der Waals surface area contributed by atoms with Crippen LogP contribution in [0.15, 0.2) is 24.4 Å². The van der Waals surface area contributed by atoms with Gasteiger partial charge in [0.2, 0.25) is 5.91 Å². The number of hydrogen-bond acceptors (Lipinski definition) is 5. The summed E-state index contributed by atoms with van der Waals surface area (Å²) in [6.45, 7) is 2.47. The quantitative estimate of drug-likeness (QED) is 0.688. The van der Waals surface area contributed by atoms with E-state index in [9.17, 15) is 9.18 Å². The number of benzene rings is 1. The number of carbonyl (C=O) groups is 1. The highest BCUT2D eigenvalue weighted by Crippen LogP contribution is 2.35. The van der Waals surface area contributed by atoms with Crippen molar-refractivity contribution in [1.29, 1.82) is 0 Å². The van der Waals surface area contributed by atoms with Gasteiger partial charge in [0.25, 0.3) is 0 Å². The van der Waals surface area contributed by atoms with E-state index in [1.807, 2.05) is 6.92 Å². The van der Waals surface area contributed by atoms with Crippen LogP contribution in [0.3, 0.4) is 0 Å². The lowest BCUT2D eigenvalue weighted by atomic mass is 10.1. The Hall–Kier alpha value is -3.16. The number of methoxy groups -OCH3 is 2. The van der Waals surface area contributed by atoms with E-state index in [0.717, 1.165) is 11.1 Å². The van der Waals surface area contributed by atoms with Crippen LogP contribution < -0.4 is 15.2 Å². The molecule has 27 heavy (non-hydrogen) atoms. The first-order valence-corrected chi connectivity index (χ1v) is 8.48. The van der Waals surface area contributed by atoms with Gasteiger partial charge in [-0.15, -0.1) is 0 Å². The second-order valence-electron chi connectivity index (χ2n) is 6.18. The number of fused-ring (bicyclic) bond motifs is 1. The molecule has 7 nitrogen and oxygen atoms in total. The van der Waals surface area contributed by atoms with E-state index >= 15 is 0 Å². The van der Waals surface area contributed by atoms with Crippen LogP contribution in [0.2, 0.25) is 0 Å². The summed E-state index contributed by atoms with van der Waals surface area (Å²) in [5, 5.41) is 4.33. The van der Waals surface area contributed by atoms with E-state index in [-0.39, 0.29) is 5.91 Å². The molecule has 1 aromatic carbocycles. The largest absolute Gasteiger partial charge is 0.493 e. The van der Waals surface area contributed by atoms with Gasteiger partial charge >= 0.3 is 0 Å². The van der Waals surface area contributed by atoms with Crippen molar-refractivity contribution in [2.45, 2.75) is 26.3 Å². The second-order valence-corrected chi connectivity index (χ2v) is 6.18. The number of carbonyl (C=O) groups excluding carboxylic acids is 1. The van der Waals surface area contributed by atoms with Gasteiger partial charge in [-0.2, -0.15) is 5.10 Å². The molecule has 8 heteroatoms. The average molecular weight is 372 g/mol. The fraction of sp³-hybridized carbons (Fsp3) is 0.316. The molecule has 1 amide bonds. The fourth-order valence-corrected chi connectivity index (χ4v) is 3.06. The standard InChI is InChI=1S/C19H21FN4O3/c1-11-7-14(12-8-16(26-2)17(27-3)9-13(12)20)23-15-10-22-24(19(11)15)6-4-5-18(21)25/h7-10H,4-6H2,1-3H3,(H2,21,25). The third-order valence-corrected chi connectivity index (χ3v) is 4.33. The zero-order valence-electron chi connectivity index (χ0n) is 15.5. The predicted octanol–water partition coefficient (Wildman–Crippen LogP) is 2.83. The number of nitrogens with zero attached hydrogens (tertiary/aromatic N) is 3. The molecule has 0 fully saturated rings. The Morgan fingerprint density at radius 3 is 2.59 bits per heavy atom. The van der Waals surface area contributed by atoms with Crippen molar-refractivity contribution in [1.82, 2.24) is 14.8 Å². The van der Waals surface area contributed by atoms with Crippen LogP contribution in [0.5, 0.6) is 11.5 Å². The smallest absolute Gasteiger partial charge is 0.217 e. The first-order valence-electron chi connectivity index (χ1n) is 8.48. The Bertz CT molecular complexity index is 1000. The number of ether oxygens (including phenoxy) is 2. The molecule has 0 spiro atoms. The molecule has 3 rings (SSSR count). The van der Waals surface area contributed by atoms with Crippen molar-refractivity contribution < 1.29 is 18.7 Å². The summed E-state index contributed by atoms with van der Waals surface area (Å²) in [4.78, 5) is 15.5. The van der Waals surface area contributed by atoms with E-state index in [2.05, 4.69) is 10.1 Å². The van der Waals surface area contributed by atoms with Gasteiger partial charge in [-0.3, -0.25) is 9.48 Å². The van der Waals surface area contributed by atoms with Crippen LogP contribution in [-0.2, 0) is 11.3 Å². The average Bonchev–Trinajstić information content (AvgIpc) is 3.04. The van der Waals surface area contributed by atoms with Crippen molar-refractivity contribution in [2.24, 2.45) is 5.73 Å². The van der Waals surface area contributed by atoms with Gasteiger partial charge in [-0.1, -0.05) is 0 Å². The lowest BCUT2D eigenvalue weighted by molar-refractivity contribution is -0.118. The Morgan fingerprint density at radius 1 is 1.22 bits per heavy atom. The highest BCUT2D eigenvalue weighted by atomic mass is 19.1. The van der Waals surface area contributed by atoms with Crippen LogP contribution in [0.25, 0.3) is 22.3 Å². The summed E-state index contributed by atoms with van der Waals surface area (Å²) in [6, 6.07) is 4.65. The molecule has 0 bridgehead atoms. The maximum atomic E-state index is 14.6. The van der Waals surface area contributed by atoms with E-state index in [4.69, 9.17) is 15.2 Å². The number of amides is 1. The molecule has 2 aromatic heterocycles. The van der Waals surface area contributed by atoms with Crippen molar-refractivity contribution >= 4 is 16.9 Å². The maximum Gasteiger partial charge on any atom is 0.217 e. The molecule has 142 valence electrons. The molecular weight excluding hydrogens is 351 g/mol. The second kappa shape index (κ2) is 7.61. The first kappa shape index (κ1) is 18.6. The summed E-state index contributed by atoms with van der Waals surface area (Å²) in [6.07, 6.45) is 2.52. The fourth-order valence-electron chi connectivity index (χ4n) is 3.06. The lowest BCUT2D eigenvalue weighted by Crippen LogP contribution is -2.12. The molecule has 0 atom stereocenters. The number of hydrogen-bond donors (Lipinski definition) is 1. The monoisotopic (exact) mass is 372 g/mol. The van der Waals surface area contributed by atoms with Gasteiger partial charge in [0, 0.05) is 24.6 Å². The number of aromatic nitrogens is 3. The zero-order chi connectivity index (χ0) is 19.6. The van der Waals surface area contributed by atoms with Gasteiger partial charge in [-0.05, 0) is 31.0 Å². The van der Waals surface area contributed by atoms with Gasteiger partial charge in [0.15, 0.2) is 11.5 Å². The minimum Gasteiger partial charge on any atom is -0.493 e. The summed E-state index contributed by atoms with van der Waals surface area (Å²) < 4.78 is 26.8. The van der Waals surface area contributed by atoms with E-state index in [1.165, 1.54) is 20.3 Å². The van der Waals surface area contributed by atoms with Crippen molar-refractivity contribution in [3.63, 3.8) is 0 Å². The molecule has 0 unspecified atom stereocenters. The molecule has 0 radical (unpaired) electrons. The minimum atomic E-state index is -0.451. The van der Waals surface area contributed by atoms with Crippen molar-refractivity contribution in [3.8, 4) is 22.8 Å². The summed E-state index contributed by atoms with van der Waals surface area (Å²) >= 11 is 0. The molecule has 2 heterocycles. The van der Waals surface area contributed by atoms with E-state index in [1.54, 1.807) is 23.0 Å². The van der Waals surface area contributed by atoms with Gasteiger partial charge in [-0.25, -0.2) is 9.37 Å². The normalized spacial score (nSPS) is 11.0. The number of rotatable bonds is 7. The SMILES string of the molecule is COc1cc(F)c(-c2cc(C)c3c(cnn3CCCC(N)=O)n2)cc1OC. The Labute approximate surface area is 155 Å². The lowest BCUT2D eigenvalue weighted by Gasteiger charge is -2.12. The van der Waals surface area contributed by atoms with E-state index < -0.39 is 5.82 Å². The molecule has 0 saturated heterocycles. The molecule has 2 N–H and O–H groups in total. The first-order chi connectivity index (χ1) is 12.9. The molecular formula is C19H21FN4O3. The predicted molar refractivity (Wildman–Crippen MR) is 99.2 cm³/mol. The van der Waals surface area contributed by atoms with Crippen LogP contribution >= 0.6 is 0 Å². The van der Waals surface area contributed by atoms with Crippen LogP contribution in [0, 0.1) is 12.7 Å². The molecule has 0 aliphatic rings. The van der Waals surface area contributed by atoms with Crippen LogP contribution in [0.4, 0.5) is 4.39 Å². The third-order valence-electron chi connectivity index (χ3n) is 4.33. The highest BCUT2D eigenvalue weighted by molar-refractivity contribution is 5.82. The number of primary amides is 1. The van der Waals surface area contributed by atoms with Crippen LogP contribution in [0.1, 0.15) is 18.4 Å². The third kappa shape index (κ3) is 3.69. The number of pyridine rings is 1. The summed E-state index contributed by atoms with van der Waals surface area (Å²) in [5.41, 5.74) is 8.39. The van der Waals surface area contributed by atoms with Crippen molar-refractivity contribution in [2.75, 3.05) is 14.2 Å². The number of nitrogens with two attached hydrogens (primary N) is 1. The molecule has 3 aromatic rings. The topological polar surface area (TPSA) is 92.3 Å². The molecule has 0 aliphatic heterocycles. The minimum absolute atomic E-state index is 0.294. The molecule has 0 saturated carbocycles. The van der Waals surface area contributed by atoms with Crippen LogP contribution in [-0.4, -0.2) is 34.9 Å². The van der Waals surface area contributed by atoms with Crippen molar-refractivity contribution in [3.05, 3.63) is 35.8 Å². The number of halogens is 1. The number of aryl methyl sites for hydroxylation is 2. The zero-order valence-corrected chi connectivity index (χ0v) is 15.5. The Kier molecular flexibility index (Phi) is 5.25. The molecule has 0 aliphatic carbocycles. The van der Waals surface area contributed by atoms with E-state index in [0.29, 0.717) is 47.7 Å². The summed E-state index contributed by atoms with van der Waals surface area (Å²) in [5.74, 6) is -0.0466. The van der Waals surface area contributed by atoms with Gasteiger partial charge in [0.05, 0.1) is 31.6 Å². The van der Waals surface area contributed by atoms with Gasteiger partial charge in [0.1, 0.15) is 11.3 Å². The maximum absolute atomic E-state index is 14.6. The Balaban J connectivity index is 2.01. The Morgan fingerprint density at radius 2 is 1.93 bits per heavy atom.